The second kappa shape index (κ2) is 4.24. The number of hydrogen-bond acceptors (Lipinski definition) is 2. The molecular formula is C18H10BrNO2S. The maximum absolute atomic E-state index is 13.2. The number of halogens is 1. The van der Waals surface area contributed by atoms with E-state index in [9.17, 15) is 8.42 Å². The zero-order chi connectivity index (χ0) is 15.8. The average Bonchev–Trinajstić information content (AvgIpc) is 2.89. The highest BCUT2D eigenvalue weighted by Crippen LogP contribution is 2.45. The molecule has 0 aliphatic carbocycles. The van der Waals surface area contributed by atoms with Gasteiger partial charge in [-0.2, -0.15) is 0 Å². The molecular weight excluding hydrogens is 374 g/mol. The van der Waals surface area contributed by atoms with Gasteiger partial charge in [0.1, 0.15) is 0 Å². The summed E-state index contributed by atoms with van der Waals surface area (Å²) in [6.45, 7) is 0. The van der Waals surface area contributed by atoms with Gasteiger partial charge in [-0.1, -0.05) is 52.3 Å². The van der Waals surface area contributed by atoms with Crippen molar-refractivity contribution >= 4 is 47.8 Å². The summed E-state index contributed by atoms with van der Waals surface area (Å²) in [5.41, 5.74) is 3.18. The maximum atomic E-state index is 13.2. The third-order valence-electron chi connectivity index (χ3n) is 4.39. The van der Waals surface area contributed by atoms with E-state index in [1.165, 1.54) is 3.97 Å². The Hall–Kier alpha value is -2.11. The fourth-order valence-corrected chi connectivity index (χ4v) is 5.71. The van der Waals surface area contributed by atoms with Gasteiger partial charge >= 0.3 is 0 Å². The first-order valence-electron chi connectivity index (χ1n) is 7.17. The molecule has 0 atom stereocenters. The Morgan fingerprint density at radius 1 is 0.826 bits per heavy atom. The van der Waals surface area contributed by atoms with Gasteiger partial charge in [-0.15, -0.1) is 0 Å². The molecule has 3 nitrogen and oxygen atoms in total. The van der Waals surface area contributed by atoms with E-state index in [4.69, 9.17) is 0 Å². The van der Waals surface area contributed by atoms with E-state index < -0.39 is 10.0 Å². The molecule has 2 heterocycles. The number of para-hydroxylation sites is 1. The maximum Gasteiger partial charge on any atom is 0.269 e. The van der Waals surface area contributed by atoms with Crippen molar-refractivity contribution in [2.24, 2.45) is 0 Å². The summed E-state index contributed by atoms with van der Waals surface area (Å²) >= 11 is 3.56. The number of fused-ring (bicyclic) bond motifs is 5. The molecule has 5 rings (SSSR count). The molecule has 0 fully saturated rings. The lowest BCUT2D eigenvalue weighted by Crippen LogP contribution is -2.17. The van der Waals surface area contributed by atoms with Gasteiger partial charge in [0.2, 0.25) is 0 Å². The van der Waals surface area contributed by atoms with Crippen LogP contribution < -0.4 is 0 Å². The zero-order valence-electron chi connectivity index (χ0n) is 11.8. The molecule has 0 saturated carbocycles. The van der Waals surface area contributed by atoms with Crippen molar-refractivity contribution in [1.29, 1.82) is 0 Å². The van der Waals surface area contributed by atoms with Crippen molar-refractivity contribution in [3.63, 3.8) is 0 Å². The van der Waals surface area contributed by atoms with Crippen LogP contribution in [0.15, 0.2) is 70.0 Å². The molecule has 1 aliphatic rings. The predicted octanol–water partition coefficient (Wildman–Crippen LogP) is 4.77. The summed E-state index contributed by atoms with van der Waals surface area (Å²) in [7, 11) is -3.60. The molecule has 4 aromatic rings. The summed E-state index contributed by atoms with van der Waals surface area (Å²) in [6, 6.07) is 18.8. The van der Waals surface area contributed by atoms with Crippen LogP contribution in [0.4, 0.5) is 0 Å². The van der Waals surface area contributed by atoms with Gasteiger partial charge in [-0.3, -0.25) is 0 Å². The lowest BCUT2D eigenvalue weighted by molar-refractivity contribution is 0.590. The molecule has 23 heavy (non-hydrogen) atoms. The molecule has 0 spiro atoms. The summed E-state index contributed by atoms with van der Waals surface area (Å²) in [4.78, 5) is 0.355. The fraction of sp³-hybridized carbons (Fsp3) is 0. The number of benzene rings is 3. The minimum Gasteiger partial charge on any atom is -0.233 e. The van der Waals surface area contributed by atoms with E-state index in [0.29, 0.717) is 4.90 Å². The normalized spacial score (nSPS) is 15.0. The van der Waals surface area contributed by atoms with Gasteiger partial charge in [-0.05, 0) is 24.3 Å². The van der Waals surface area contributed by atoms with E-state index in [-0.39, 0.29) is 0 Å². The summed E-state index contributed by atoms with van der Waals surface area (Å²) in [5, 5.41) is 1.89. The Bertz CT molecular complexity index is 1240. The van der Waals surface area contributed by atoms with Crippen LogP contribution in [-0.4, -0.2) is 12.4 Å². The lowest BCUT2D eigenvalue weighted by atomic mass is 10.0. The Kier molecular flexibility index (Phi) is 2.46. The second-order valence-corrected chi connectivity index (χ2v) is 8.30. The monoisotopic (exact) mass is 383 g/mol. The van der Waals surface area contributed by atoms with Crippen molar-refractivity contribution in [2.45, 2.75) is 4.90 Å². The van der Waals surface area contributed by atoms with Crippen LogP contribution in [0.2, 0.25) is 0 Å². The van der Waals surface area contributed by atoms with Gasteiger partial charge in [0.05, 0.1) is 15.9 Å². The van der Waals surface area contributed by atoms with Crippen LogP contribution in [-0.2, 0) is 10.0 Å². The van der Waals surface area contributed by atoms with Gasteiger partial charge in [0.25, 0.3) is 10.0 Å². The topological polar surface area (TPSA) is 39.1 Å². The SMILES string of the molecule is O=S1(=O)c2ccccc2-c2cc(Br)cc3c4ccccc4n1c23. The highest BCUT2D eigenvalue weighted by molar-refractivity contribution is 9.10. The summed E-state index contributed by atoms with van der Waals surface area (Å²) in [5.74, 6) is 0. The highest BCUT2D eigenvalue weighted by Gasteiger charge is 2.32. The average molecular weight is 384 g/mol. The first-order valence-corrected chi connectivity index (χ1v) is 9.40. The molecule has 0 unspecified atom stereocenters. The first-order chi connectivity index (χ1) is 11.1. The van der Waals surface area contributed by atoms with Crippen molar-refractivity contribution in [3.8, 4) is 11.1 Å². The molecule has 0 saturated heterocycles. The van der Waals surface area contributed by atoms with Gasteiger partial charge in [-0.25, -0.2) is 12.4 Å². The van der Waals surface area contributed by atoms with Crippen molar-refractivity contribution in [2.75, 3.05) is 0 Å². The standard InChI is InChI=1S/C18H10BrNO2S/c19-11-9-14-12-5-1-3-7-16(12)20-18(14)15(10-11)13-6-2-4-8-17(13)23(20,21)22/h1-10H. The predicted molar refractivity (Wildman–Crippen MR) is 95.2 cm³/mol. The van der Waals surface area contributed by atoms with Crippen LogP contribution >= 0.6 is 15.9 Å². The number of nitrogens with zero attached hydrogens (tertiary/aromatic N) is 1. The van der Waals surface area contributed by atoms with Crippen molar-refractivity contribution < 1.29 is 8.42 Å². The summed E-state index contributed by atoms with van der Waals surface area (Å²) in [6.07, 6.45) is 0. The Morgan fingerprint density at radius 3 is 2.43 bits per heavy atom. The third-order valence-corrected chi connectivity index (χ3v) is 6.62. The molecule has 1 aromatic heterocycles. The van der Waals surface area contributed by atoms with Gasteiger partial charge in [0, 0.05) is 26.4 Å². The number of aromatic nitrogens is 1. The number of hydrogen-bond donors (Lipinski definition) is 0. The highest BCUT2D eigenvalue weighted by atomic mass is 79.9. The van der Waals surface area contributed by atoms with Crippen LogP contribution in [0.3, 0.4) is 0 Å². The van der Waals surface area contributed by atoms with Crippen molar-refractivity contribution in [1.82, 2.24) is 3.97 Å². The van der Waals surface area contributed by atoms with E-state index in [0.717, 1.165) is 37.4 Å². The second-order valence-electron chi connectivity index (χ2n) is 5.63. The minimum atomic E-state index is -3.60. The smallest absolute Gasteiger partial charge is 0.233 e. The Morgan fingerprint density at radius 2 is 1.57 bits per heavy atom. The van der Waals surface area contributed by atoms with Gasteiger partial charge in [0.15, 0.2) is 0 Å². The van der Waals surface area contributed by atoms with Crippen LogP contribution in [0.5, 0.6) is 0 Å². The Balaban J connectivity index is 2.19. The van der Waals surface area contributed by atoms with E-state index in [2.05, 4.69) is 15.9 Å². The molecule has 0 radical (unpaired) electrons. The lowest BCUT2D eigenvalue weighted by Gasteiger charge is -2.20. The third kappa shape index (κ3) is 1.56. The molecule has 0 bridgehead atoms. The number of rotatable bonds is 0. The van der Waals surface area contributed by atoms with Crippen LogP contribution in [0, 0.1) is 0 Å². The molecule has 3 aromatic carbocycles. The molecule has 0 amide bonds. The molecule has 0 N–H and O–H groups in total. The van der Waals surface area contributed by atoms with Crippen LogP contribution in [0.25, 0.3) is 32.9 Å². The molecule has 112 valence electrons. The zero-order valence-corrected chi connectivity index (χ0v) is 14.2. The molecule has 1 aliphatic heterocycles. The van der Waals surface area contributed by atoms with Crippen LogP contribution in [0.1, 0.15) is 0 Å². The molecule has 5 heteroatoms. The minimum absolute atomic E-state index is 0.355. The van der Waals surface area contributed by atoms with E-state index in [1.807, 2.05) is 48.5 Å². The Labute approximate surface area is 141 Å². The van der Waals surface area contributed by atoms with Crippen molar-refractivity contribution in [3.05, 3.63) is 65.1 Å². The van der Waals surface area contributed by atoms with Gasteiger partial charge < -0.3 is 0 Å². The quantitative estimate of drug-likeness (QED) is 0.386. The fourth-order valence-electron chi connectivity index (χ4n) is 3.49. The summed E-state index contributed by atoms with van der Waals surface area (Å²) < 4.78 is 28.8. The van der Waals surface area contributed by atoms with E-state index >= 15 is 0 Å². The van der Waals surface area contributed by atoms with E-state index in [1.54, 1.807) is 12.1 Å². The largest absolute Gasteiger partial charge is 0.269 e. The first kappa shape index (κ1) is 13.3.